The summed E-state index contributed by atoms with van der Waals surface area (Å²) in [6.45, 7) is -1.49. The first-order chi connectivity index (χ1) is 30.3. The van der Waals surface area contributed by atoms with Crippen molar-refractivity contribution in [1.82, 2.24) is 15.2 Å². The van der Waals surface area contributed by atoms with Crippen molar-refractivity contribution in [3.05, 3.63) is 172 Å². The number of rotatable bonds is 17. The van der Waals surface area contributed by atoms with Crippen LogP contribution in [0.1, 0.15) is 27.9 Å². The van der Waals surface area contributed by atoms with Crippen LogP contribution >= 0.6 is 34.7 Å². The molecule has 0 aliphatic carbocycles. The van der Waals surface area contributed by atoms with Crippen molar-refractivity contribution in [3.8, 4) is 5.75 Å². The Morgan fingerprint density at radius 2 is 1.58 bits per heavy atom. The number of methoxy groups -OCH3 is 1. The molecule has 1 aromatic heterocycles. The number of thioether (sulfide) groups is 1. The standard InChI is InChI=1S/C45H39ClFN5O8S2/c1-57-34-21-19-29(20-22-34)26-58-44(56)60-42(55)38-30(12-11-23-46)27-61-41-37(40(54)52(38)41)49-39(53)36(51-59-25-24-47)35-28-62-43(48-35)50-45(31-13-5-2-6-14-31,32-15-7-3-8-16-32)33-17-9-4-10-18-33/h2-22,28,37,41H,23-27H2,1H3,(H,48,50)(H,49,53)/b12-11-,51-36-. The summed E-state index contributed by atoms with van der Waals surface area (Å²) in [5, 5.41) is 11.6. The third-order valence-electron chi connectivity index (χ3n) is 9.78. The lowest BCUT2D eigenvalue weighted by Gasteiger charge is -2.49. The molecule has 13 nitrogen and oxygen atoms in total. The average molecular weight is 896 g/mol. The minimum absolute atomic E-state index is 0.0997. The van der Waals surface area contributed by atoms with Crippen LogP contribution in [0.4, 0.5) is 14.3 Å². The number of carbonyl (C=O) groups is 4. The van der Waals surface area contributed by atoms with E-state index in [4.69, 9.17) is 35.6 Å². The Balaban J connectivity index is 1.11. The second-order valence-electron chi connectivity index (χ2n) is 13.5. The number of nitrogens with zero attached hydrogens (tertiary/aromatic N) is 3. The molecule has 0 radical (unpaired) electrons. The first-order valence-corrected chi connectivity index (χ1v) is 21.6. The van der Waals surface area contributed by atoms with Crippen molar-refractivity contribution < 1.29 is 42.6 Å². The van der Waals surface area contributed by atoms with Crippen LogP contribution in [-0.2, 0) is 40.8 Å². The van der Waals surface area contributed by atoms with Crippen molar-refractivity contribution in [3.63, 3.8) is 0 Å². The van der Waals surface area contributed by atoms with E-state index in [1.807, 2.05) is 91.0 Å². The van der Waals surface area contributed by atoms with Crippen LogP contribution in [0.3, 0.4) is 0 Å². The van der Waals surface area contributed by atoms with E-state index in [9.17, 15) is 23.6 Å². The highest BCUT2D eigenvalue weighted by atomic mass is 35.5. The van der Waals surface area contributed by atoms with Gasteiger partial charge in [-0.25, -0.2) is 19.0 Å². The van der Waals surface area contributed by atoms with E-state index < -0.39 is 54.2 Å². The van der Waals surface area contributed by atoms with Gasteiger partial charge in [0, 0.05) is 17.0 Å². The predicted molar refractivity (Wildman–Crippen MR) is 235 cm³/mol. The summed E-state index contributed by atoms with van der Waals surface area (Å²) in [4.78, 5) is 65.2. The van der Waals surface area contributed by atoms with Crippen molar-refractivity contribution in [1.29, 1.82) is 0 Å². The molecule has 2 atom stereocenters. The van der Waals surface area contributed by atoms with Crippen LogP contribution in [0, 0.1) is 0 Å². The number of alkyl halides is 2. The van der Waals surface area contributed by atoms with E-state index in [2.05, 4.69) is 15.8 Å². The van der Waals surface area contributed by atoms with E-state index in [0.717, 1.165) is 21.6 Å². The first kappa shape index (κ1) is 43.6. The van der Waals surface area contributed by atoms with E-state index >= 15 is 0 Å². The number of amides is 2. The van der Waals surface area contributed by atoms with E-state index in [-0.39, 0.29) is 35.3 Å². The van der Waals surface area contributed by atoms with Crippen LogP contribution in [0.5, 0.6) is 5.75 Å². The second-order valence-corrected chi connectivity index (χ2v) is 15.8. The molecule has 2 unspecified atom stereocenters. The molecule has 62 heavy (non-hydrogen) atoms. The number of β-lactam (4-membered cyclic amide) rings is 1. The van der Waals surface area contributed by atoms with Crippen molar-refractivity contribution >= 4 is 69.5 Å². The lowest BCUT2D eigenvalue weighted by atomic mass is 9.77. The van der Waals surface area contributed by atoms with E-state index in [1.165, 1.54) is 30.2 Å². The molecule has 7 rings (SSSR count). The molecular weight excluding hydrogens is 857 g/mol. The summed E-state index contributed by atoms with van der Waals surface area (Å²) in [5.74, 6) is -1.68. The van der Waals surface area contributed by atoms with Gasteiger partial charge in [-0.15, -0.1) is 34.7 Å². The minimum atomic E-state index is -1.27. The van der Waals surface area contributed by atoms with Gasteiger partial charge in [-0.1, -0.05) is 120 Å². The number of carbonyl (C=O) groups excluding carboxylic acids is 4. The number of benzene rings is 4. The van der Waals surface area contributed by atoms with Crippen molar-refractivity contribution in [2.75, 3.05) is 37.3 Å². The average Bonchev–Trinajstić information content (AvgIpc) is 3.78. The number of nitrogens with one attached hydrogen (secondary N) is 2. The van der Waals surface area contributed by atoms with Gasteiger partial charge < -0.3 is 29.7 Å². The van der Waals surface area contributed by atoms with Crippen LogP contribution < -0.4 is 15.4 Å². The molecule has 3 heterocycles. The van der Waals surface area contributed by atoms with Gasteiger partial charge >= 0.3 is 12.1 Å². The van der Waals surface area contributed by atoms with E-state index in [1.54, 1.807) is 41.8 Å². The lowest BCUT2D eigenvalue weighted by Crippen LogP contribution is -2.71. The molecule has 5 aromatic rings. The molecule has 0 saturated carbocycles. The second kappa shape index (κ2) is 20.4. The number of halogens is 2. The number of thiazole rings is 1. The fourth-order valence-electron chi connectivity index (χ4n) is 6.90. The molecule has 2 aliphatic heterocycles. The summed E-state index contributed by atoms with van der Waals surface area (Å²) >= 11 is 8.37. The SMILES string of the molecule is COc1ccc(COC(=O)OC(=O)C2=C(/C=C\CCl)CSC3C(NC(=O)/C(=N\OCCF)c4csc(NC(c5ccccc5)(c5ccccc5)c5ccccc5)n4)C(=O)N23)cc1. The third-order valence-corrected chi connectivity index (χ3v) is 12.0. The normalized spacial score (nSPS) is 16.3. The number of allylic oxidation sites excluding steroid dienone is 2. The smallest absolute Gasteiger partial charge is 0.497 e. The van der Waals surface area contributed by atoms with Crippen LogP contribution in [0.15, 0.2) is 149 Å². The summed E-state index contributed by atoms with van der Waals surface area (Å²) < 4.78 is 28.5. The molecule has 2 N–H and O–H groups in total. The maximum atomic E-state index is 14.1. The van der Waals surface area contributed by atoms with Gasteiger partial charge in [0.2, 0.25) is 0 Å². The van der Waals surface area contributed by atoms with Crippen LogP contribution in [0.2, 0.25) is 0 Å². The number of esters is 1. The Labute approximate surface area is 369 Å². The zero-order valence-corrected chi connectivity index (χ0v) is 35.5. The fraction of sp³-hybridized carbons (Fsp3) is 0.200. The predicted octanol–water partition coefficient (Wildman–Crippen LogP) is 7.57. The Kier molecular flexibility index (Phi) is 14.3. The number of hydrogen-bond acceptors (Lipinski definition) is 13. The van der Waals surface area contributed by atoms with Crippen LogP contribution in [-0.4, -0.2) is 83.0 Å². The number of oxime groups is 1. The number of hydrogen-bond donors (Lipinski definition) is 2. The third kappa shape index (κ3) is 9.52. The van der Waals surface area contributed by atoms with Crippen molar-refractivity contribution in [2.45, 2.75) is 23.6 Å². The number of fused-ring (bicyclic) bond motifs is 1. The fourth-order valence-corrected chi connectivity index (χ4v) is 9.06. The van der Waals surface area contributed by atoms with Crippen LogP contribution in [0.25, 0.3) is 0 Å². The maximum Gasteiger partial charge on any atom is 0.516 e. The number of anilines is 1. The summed E-state index contributed by atoms with van der Waals surface area (Å²) in [6.07, 6.45) is 1.88. The highest BCUT2D eigenvalue weighted by molar-refractivity contribution is 8.00. The van der Waals surface area contributed by atoms with Gasteiger partial charge in [-0.3, -0.25) is 14.5 Å². The molecular formula is C45H39ClFN5O8S2. The summed E-state index contributed by atoms with van der Waals surface area (Å²) in [6, 6.07) is 35.2. The molecule has 17 heteroatoms. The molecule has 0 bridgehead atoms. The molecule has 1 fully saturated rings. The van der Waals surface area contributed by atoms with Gasteiger partial charge in [0.1, 0.15) is 54.0 Å². The van der Waals surface area contributed by atoms with Gasteiger partial charge in [0.25, 0.3) is 11.8 Å². The van der Waals surface area contributed by atoms with Gasteiger partial charge in [-0.05, 0) is 40.0 Å². The van der Waals surface area contributed by atoms with E-state index in [0.29, 0.717) is 22.0 Å². The highest BCUT2D eigenvalue weighted by Gasteiger charge is 2.55. The minimum Gasteiger partial charge on any atom is -0.497 e. The van der Waals surface area contributed by atoms with Gasteiger partial charge in [0.05, 0.1) is 7.11 Å². The first-order valence-electron chi connectivity index (χ1n) is 19.2. The number of ether oxygens (including phenoxy) is 3. The quantitative estimate of drug-likeness (QED) is 0.0139. The zero-order chi connectivity index (χ0) is 43.5. The molecule has 318 valence electrons. The molecule has 2 aliphatic rings. The molecule has 0 spiro atoms. The van der Waals surface area contributed by atoms with Gasteiger partial charge in [-0.2, -0.15) is 0 Å². The van der Waals surface area contributed by atoms with Crippen molar-refractivity contribution in [2.24, 2.45) is 5.16 Å². The highest BCUT2D eigenvalue weighted by Crippen LogP contribution is 2.42. The number of aromatic nitrogens is 1. The Morgan fingerprint density at radius 3 is 2.16 bits per heavy atom. The summed E-state index contributed by atoms with van der Waals surface area (Å²) in [5.41, 5.74) is 2.44. The Morgan fingerprint density at radius 1 is 0.952 bits per heavy atom. The molecule has 1 saturated heterocycles. The largest absolute Gasteiger partial charge is 0.516 e. The lowest BCUT2D eigenvalue weighted by molar-refractivity contribution is -0.151. The molecule has 4 aromatic carbocycles. The maximum absolute atomic E-state index is 14.1. The Bertz CT molecular complexity index is 2380. The summed E-state index contributed by atoms with van der Waals surface area (Å²) in [7, 11) is 1.52. The topological polar surface area (TPSA) is 158 Å². The van der Waals surface area contributed by atoms with Gasteiger partial charge in [0.15, 0.2) is 10.8 Å². The monoisotopic (exact) mass is 895 g/mol. The Hall–Kier alpha value is -6.49. The zero-order valence-electron chi connectivity index (χ0n) is 33.1. The molecule has 2 amide bonds.